The fourth-order valence-corrected chi connectivity index (χ4v) is 2.98. The highest BCUT2D eigenvalue weighted by Crippen LogP contribution is 2.36. The normalized spacial score (nSPS) is 13.8. The van der Waals surface area contributed by atoms with Crippen LogP contribution in [0.15, 0.2) is 30.3 Å². The molecule has 0 aliphatic carbocycles. The first-order chi connectivity index (χ1) is 9.76. The fraction of sp³-hybridized carbons (Fsp3) is 0.588. The molecule has 1 amide bonds. The van der Waals surface area contributed by atoms with E-state index in [4.69, 9.17) is 4.43 Å². The van der Waals surface area contributed by atoms with Crippen molar-refractivity contribution in [3.8, 4) is 0 Å². The molecule has 1 atom stereocenters. The molecule has 0 heterocycles. The van der Waals surface area contributed by atoms with E-state index in [1.807, 2.05) is 18.2 Å². The molecule has 118 valence electrons. The van der Waals surface area contributed by atoms with Gasteiger partial charge in [-0.2, -0.15) is 0 Å². The van der Waals surface area contributed by atoms with Crippen molar-refractivity contribution in [3.63, 3.8) is 0 Å². The Morgan fingerprint density at radius 2 is 1.86 bits per heavy atom. The molecule has 0 bridgehead atoms. The van der Waals surface area contributed by atoms with Crippen LogP contribution in [0.1, 0.15) is 26.3 Å². The van der Waals surface area contributed by atoms with E-state index in [2.05, 4.69) is 51.3 Å². The van der Waals surface area contributed by atoms with Crippen LogP contribution in [0, 0.1) is 5.92 Å². The maximum atomic E-state index is 10.6. The van der Waals surface area contributed by atoms with Crippen LogP contribution >= 0.6 is 0 Å². The number of nitrogens with one attached hydrogen (secondary N) is 1. The molecule has 0 aliphatic heterocycles. The molecule has 0 fully saturated rings. The van der Waals surface area contributed by atoms with Crippen molar-refractivity contribution in [3.05, 3.63) is 35.9 Å². The molecule has 0 saturated heterocycles. The van der Waals surface area contributed by atoms with Crippen LogP contribution in [0.2, 0.25) is 18.1 Å². The first kappa shape index (κ1) is 17.9. The van der Waals surface area contributed by atoms with E-state index in [-0.39, 0.29) is 5.04 Å². The molecule has 4 heteroatoms. The summed E-state index contributed by atoms with van der Waals surface area (Å²) in [5, 5.41) is 3.01. The second kappa shape index (κ2) is 7.76. The molecule has 1 N–H and O–H groups in total. The van der Waals surface area contributed by atoms with E-state index in [1.165, 1.54) is 5.56 Å². The van der Waals surface area contributed by atoms with Crippen LogP contribution in [0.3, 0.4) is 0 Å². The highest BCUT2D eigenvalue weighted by atomic mass is 28.4. The molecule has 1 aromatic carbocycles. The van der Waals surface area contributed by atoms with Gasteiger partial charge in [0.15, 0.2) is 8.32 Å². The van der Waals surface area contributed by atoms with E-state index < -0.39 is 8.32 Å². The summed E-state index contributed by atoms with van der Waals surface area (Å²) in [6, 6.07) is 10.4. The molecular formula is C17H29NO2Si. The van der Waals surface area contributed by atoms with Gasteiger partial charge in [0.05, 0.1) is 0 Å². The molecule has 0 radical (unpaired) electrons. The van der Waals surface area contributed by atoms with Crippen LogP contribution in [0.5, 0.6) is 0 Å². The largest absolute Gasteiger partial charge is 0.416 e. The van der Waals surface area contributed by atoms with Gasteiger partial charge in [-0.1, -0.05) is 51.1 Å². The lowest BCUT2D eigenvalue weighted by atomic mass is 10.0. The summed E-state index contributed by atoms with van der Waals surface area (Å²) in [6.45, 7) is 12.6. The maximum Gasteiger partial charge on any atom is 0.207 e. The zero-order valence-corrected chi connectivity index (χ0v) is 15.0. The number of benzene rings is 1. The van der Waals surface area contributed by atoms with E-state index in [1.54, 1.807) is 0 Å². The van der Waals surface area contributed by atoms with Crippen molar-refractivity contribution in [1.82, 2.24) is 5.32 Å². The molecule has 0 aromatic heterocycles. The highest BCUT2D eigenvalue weighted by Gasteiger charge is 2.37. The summed E-state index contributed by atoms with van der Waals surface area (Å²) in [4.78, 5) is 10.6. The maximum absolute atomic E-state index is 10.6. The minimum Gasteiger partial charge on any atom is -0.416 e. The summed E-state index contributed by atoms with van der Waals surface area (Å²) < 4.78 is 6.31. The van der Waals surface area contributed by atoms with Gasteiger partial charge in [-0.3, -0.25) is 4.79 Å². The predicted molar refractivity (Wildman–Crippen MR) is 90.9 cm³/mol. The van der Waals surface area contributed by atoms with Crippen molar-refractivity contribution in [1.29, 1.82) is 0 Å². The SMILES string of the molecule is CC(C)(C)[Si](C)(C)OC[C@H](CNC=O)Cc1ccccc1. The van der Waals surface area contributed by atoms with Crippen LogP contribution in [0.4, 0.5) is 0 Å². The van der Waals surface area contributed by atoms with Gasteiger partial charge in [0.2, 0.25) is 6.41 Å². The predicted octanol–water partition coefficient (Wildman–Crippen LogP) is 3.61. The number of amides is 1. The molecule has 0 aliphatic rings. The molecular weight excluding hydrogens is 278 g/mol. The van der Waals surface area contributed by atoms with E-state index in [9.17, 15) is 4.79 Å². The summed E-state index contributed by atoms with van der Waals surface area (Å²) in [5.41, 5.74) is 1.29. The van der Waals surface area contributed by atoms with E-state index >= 15 is 0 Å². The van der Waals surface area contributed by atoms with Crippen LogP contribution in [-0.4, -0.2) is 27.9 Å². The smallest absolute Gasteiger partial charge is 0.207 e. The molecule has 3 nitrogen and oxygen atoms in total. The minimum absolute atomic E-state index is 0.211. The molecule has 0 spiro atoms. The summed E-state index contributed by atoms with van der Waals surface area (Å²) in [6.07, 6.45) is 1.70. The van der Waals surface area contributed by atoms with Gasteiger partial charge in [0, 0.05) is 19.1 Å². The number of rotatable bonds is 8. The van der Waals surface area contributed by atoms with E-state index in [0.29, 0.717) is 19.1 Å². The lowest BCUT2D eigenvalue weighted by Crippen LogP contribution is -2.43. The van der Waals surface area contributed by atoms with Gasteiger partial charge in [-0.05, 0) is 30.1 Å². The average Bonchev–Trinajstić information content (AvgIpc) is 2.42. The van der Waals surface area contributed by atoms with Crippen LogP contribution in [0.25, 0.3) is 0 Å². The Kier molecular flexibility index (Phi) is 6.62. The Labute approximate surface area is 130 Å². The second-order valence-corrected chi connectivity index (χ2v) is 12.0. The van der Waals surface area contributed by atoms with Crippen molar-refractivity contribution in [2.75, 3.05) is 13.2 Å². The number of carbonyl (C=O) groups excluding carboxylic acids is 1. The third kappa shape index (κ3) is 6.02. The van der Waals surface area contributed by atoms with Crippen molar-refractivity contribution < 1.29 is 9.22 Å². The van der Waals surface area contributed by atoms with Gasteiger partial charge >= 0.3 is 0 Å². The third-order valence-electron chi connectivity index (χ3n) is 4.34. The van der Waals surface area contributed by atoms with Crippen molar-refractivity contribution in [2.24, 2.45) is 5.92 Å². The highest BCUT2D eigenvalue weighted by molar-refractivity contribution is 6.74. The molecule has 0 unspecified atom stereocenters. The van der Waals surface area contributed by atoms with Crippen molar-refractivity contribution in [2.45, 2.75) is 45.3 Å². The van der Waals surface area contributed by atoms with Gasteiger partial charge in [0.1, 0.15) is 0 Å². The first-order valence-electron chi connectivity index (χ1n) is 7.61. The Morgan fingerprint density at radius 1 is 1.24 bits per heavy atom. The Bertz CT molecular complexity index is 426. The number of carbonyl (C=O) groups is 1. The zero-order chi connectivity index (χ0) is 15.9. The summed E-state index contributed by atoms with van der Waals surface area (Å²) >= 11 is 0. The fourth-order valence-electron chi connectivity index (χ4n) is 1.89. The third-order valence-corrected chi connectivity index (χ3v) is 8.84. The van der Waals surface area contributed by atoms with Gasteiger partial charge in [0.25, 0.3) is 0 Å². The van der Waals surface area contributed by atoms with Crippen LogP contribution in [-0.2, 0) is 15.6 Å². The zero-order valence-electron chi connectivity index (χ0n) is 14.0. The van der Waals surface area contributed by atoms with E-state index in [0.717, 1.165) is 12.8 Å². The molecule has 0 saturated carbocycles. The van der Waals surface area contributed by atoms with Gasteiger partial charge in [-0.25, -0.2) is 0 Å². The minimum atomic E-state index is -1.74. The van der Waals surface area contributed by atoms with Crippen LogP contribution < -0.4 is 5.32 Å². The average molecular weight is 308 g/mol. The molecule has 21 heavy (non-hydrogen) atoms. The lowest BCUT2D eigenvalue weighted by molar-refractivity contribution is -0.109. The topological polar surface area (TPSA) is 38.3 Å². The van der Waals surface area contributed by atoms with Gasteiger partial charge in [-0.15, -0.1) is 0 Å². The lowest BCUT2D eigenvalue weighted by Gasteiger charge is -2.37. The quantitative estimate of drug-likeness (QED) is 0.588. The first-order valence-corrected chi connectivity index (χ1v) is 10.5. The Balaban J connectivity index is 2.64. The monoisotopic (exact) mass is 307 g/mol. The number of hydrogen-bond donors (Lipinski definition) is 1. The Hall–Kier alpha value is -1.13. The summed E-state index contributed by atoms with van der Waals surface area (Å²) in [7, 11) is -1.74. The number of hydrogen-bond acceptors (Lipinski definition) is 2. The summed E-state index contributed by atoms with van der Waals surface area (Å²) in [5.74, 6) is 0.312. The Morgan fingerprint density at radius 3 is 2.38 bits per heavy atom. The second-order valence-electron chi connectivity index (χ2n) is 7.15. The molecule has 1 aromatic rings. The van der Waals surface area contributed by atoms with Crippen molar-refractivity contribution >= 4 is 14.7 Å². The standard InChI is InChI=1S/C17H29NO2Si/c1-17(2,3)21(4,5)20-13-16(12-18-14-19)11-15-9-7-6-8-10-15/h6-10,14,16H,11-13H2,1-5H3,(H,18,19)/t16-/m0/s1. The van der Waals surface area contributed by atoms with Gasteiger partial charge < -0.3 is 9.74 Å². The molecule has 1 rings (SSSR count).